The molecule has 2 heterocycles. The molecule has 1 atom stereocenters. The van der Waals surface area contributed by atoms with E-state index in [0.717, 1.165) is 17.7 Å². The predicted octanol–water partition coefficient (Wildman–Crippen LogP) is 4.44. The molecule has 152 valence electrons. The maximum absolute atomic E-state index is 12.9. The Balaban J connectivity index is 1.79. The van der Waals surface area contributed by atoms with E-state index in [2.05, 4.69) is 19.9 Å². The van der Waals surface area contributed by atoms with Gasteiger partial charge in [0.1, 0.15) is 23.0 Å². The summed E-state index contributed by atoms with van der Waals surface area (Å²) >= 11 is 0. The fourth-order valence-electron chi connectivity index (χ4n) is 3.57. The first-order valence-electron chi connectivity index (χ1n) is 9.85. The Labute approximate surface area is 174 Å². The van der Waals surface area contributed by atoms with Crippen LogP contribution >= 0.6 is 0 Å². The normalized spacial score (nSPS) is 15.6. The van der Waals surface area contributed by atoms with Crippen LogP contribution in [0, 0.1) is 17.2 Å². The molecule has 1 aliphatic heterocycles. The fourth-order valence-corrected chi connectivity index (χ4v) is 3.57. The number of fused-ring (bicyclic) bond motifs is 3. The van der Waals surface area contributed by atoms with Gasteiger partial charge in [-0.05, 0) is 42.2 Å². The molecule has 0 unspecified atom stereocenters. The van der Waals surface area contributed by atoms with E-state index in [1.807, 2.05) is 30.3 Å². The van der Waals surface area contributed by atoms with Crippen LogP contribution < -0.4 is 20.8 Å². The zero-order valence-electron chi connectivity index (χ0n) is 16.8. The van der Waals surface area contributed by atoms with Crippen LogP contribution in [-0.4, -0.2) is 6.61 Å². The summed E-state index contributed by atoms with van der Waals surface area (Å²) in [5, 5.41) is 10.4. The number of hydrogen-bond acceptors (Lipinski definition) is 6. The van der Waals surface area contributed by atoms with Crippen molar-refractivity contribution >= 4 is 11.0 Å². The highest BCUT2D eigenvalue weighted by Gasteiger charge is 2.35. The minimum atomic E-state index is -0.677. The highest BCUT2D eigenvalue weighted by Crippen LogP contribution is 2.43. The third-order valence-electron chi connectivity index (χ3n) is 5.15. The van der Waals surface area contributed by atoms with Crippen molar-refractivity contribution in [1.29, 1.82) is 5.26 Å². The molecule has 30 heavy (non-hydrogen) atoms. The summed E-state index contributed by atoms with van der Waals surface area (Å²) in [6, 6.07) is 16.5. The second-order valence-electron chi connectivity index (χ2n) is 7.65. The maximum Gasteiger partial charge on any atom is 0.344 e. The highest BCUT2D eigenvalue weighted by atomic mass is 16.5. The average Bonchev–Trinajstić information content (AvgIpc) is 2.73. The zero-order chi connectivity index (χ0) is 21.3. The minimum Gasteiger partial charge on any atom is -0.494 e. The van der Waals surface area contributed by atoms with Gasteiger partial charge < -0.3 is 19.6 Å². The van der Waals surface area contributed by atoms with Gasteiger partial charge >= 0.3 is 5.63 Å². The molecule has 2 aromatic carbocycles. The maximum atomic E-state index is 12.9. The van der Waals surface area contributed by atoms with E-state index in [-0.39, 0.29) is 17.0 Å². The molecule has 0 radical (unpaired) electrons. The Morgan fingerprint density at radius 2 is 1.90 bits per heavy atom. The summed E-state index contributed by atoms with van der Waals surface area (Å²) in [6.07, 6.45) is 0.959. The molecule has 2 N–H and O–H groups in total. The largest absolute Gasteiger partial charge is 0.494 e. The van der Waals surface area contributed by atoms with E-state index in [1.165, 1.54) is 0 Å². The summed E-state index contributed by atoms with van der Waals surface area (Å²) in [4.78, 5) is 12.9. The molecule has 0 amide bonds. The third kappa shape index (κ3) is 3.50. The van der Waals surface area contributed by atoms with Gasteiger partial charge in [0.15, 0.2) is 5.75 Å². The first-order valence-corrected chi connectivity index (χ1v) is 9.85. The second kappa shape index (κ2) is 7.96. The fraction of sp³-hybridized carbons (Fsp3) is 0.250. The molecule has 6 nitrogen and oxygen atoms in total. The van der Waals surface area contributed by atoms with Crippen molar-refractivity contribution in [2.75, 3.05) is 6.61 Å². The third-order valence-corrected chi connectivity index (χ3v) is 5.15. The van der Waals surface area contributed by atoms with Crippen LogP contribution in [0.15, 0.2) is 69.2 Å². The molecule has 0 spiro atoms. The van der Waals surface area contributed by atoms with Crippen molar-refractivity contribution in [2.24, 2.45) is 11.7 Å². The van der Waals surface area contributed by atoms with Gasteiger partial charge in [0, 0.05) is 0 Å². The van der Waals surface area contributed by atoms with E-state index in [9.17, 15) is 10.1 Å². The molecule has 0 saturated heterocycles. The summed E-state index contributed by atoms with van der Waals surface area (Å²) in [5.74, 6) is 0.934. The first kappa shape index (κ1) is 19.6. The van der Waals surface area contributed by atoms with Gasteiger partial charge in [-0.1, -0.05) is 38.1 Å². The molecule has 3 aromatic rings. The molecule has 1 aromatic heterocycles. The van der Waals surface area contributed by atoms with Gasteiger partial charge in [0.05, 0.1) is 23.5 Å². The summed E-state index contributed by atoms with van der Waals surface area (Å²) in [7, 11) is 0. The van der Waals surface area contributed by atoms with E-state index in [0.29, 0.717) is 29.2 Å². The number of nitriles is 1. The number of nitrogens with zero attached hydrogens (tertiary/aromatic N) is 1. The lowest BCUT2D eigenvalue weighted by Gasteiger charge is -2.26. The number of rotatable bonds is 5. The smallest absolute Gasteiger partial charge is 0.344 e. The molecule has 0 fully saturated rings. The number of allylic oxidation sites excluding steroid dienone is 1. The first-order chi connectivity index (χ1) is 14.5. The van der Waals surface area contributed by atoms with Crippen molar-refractivity contribution in [3.63, 3.8) is 0 Å². The second-order valence-corrected chi connectivity index (χ2v) is 7.65. The SMILES string of the molecule is CC(C)CCOc1ccc([C@H]2C(C#N)=C(N)Oc3c2c(=O)oc2ccccc32)cc1. The molecular weight excluding hydrogens is 380 g/mol. The molecule has 0 saturated carbocycles. The molecule has 6 heteroatoms. The van der Waals surface area contributed by atoms with E-state index in [4.69, 9.17) is 19.6 Å². The van der Waals surface area contributed by atoms with Crippen LogP contribution in [0.4, 0.5) is 0 Å². The van der Waals surface area contributed by atoms with Crippen LogP contribution in [0.1, 0.15) is 37.3 Å². The standard InChI is InChI=1S/C24H22N2O4/c1-14(2)11-12-28-16-9-7-15(8-10-16)20-18(13-25)23(26)30-22-17-5-3-4-6-19(17)29-24(27)21(20)22/h3-10,14,20H,11-12,26H2,1-2H3/t20-/m0/s1. The van der Waals surface area contributed by atoms with Gasteiger partial charge in [0.25, 0.3) is 0 Å². The van der Waals surface area contributed by atoms with Crippen molar-refractivity contribution < 1.29 is 13.9 Å². The number of ether oxygens (including phenoxy) is 2. The van der Waals surface area contributed by atoms with Crippen LogP contribution in [-0.2, 0) is 0 Å². The van der Waals surface area contributed by atoms with Crippen LogP contribution in [0.5, 0.6) is 11.5 Å². The summed E-state index contributed by atoms with van der Waals surface area (Å²) in [6.45, 7) is 4.91. The van der Waals surface area contributed by atoms with E-state index >= 15 is 0 Å². The molecule has 1 aliphatic rings. The van der Waals surface area contributed by atoms with Gasteiger partial charge in [-0.25, -0.2) is 4.79 Å². The predicted molar refractivity (Wildman–Crippen MR) is 113 cm³/mol. The summed E-state index contributed by atoms with van der Waals surface area (Å²) in [5.41, 5.74) is 7.11. The Morgan fingerprint density at radius 1 is 1.17 bits per heavy atom. The number of benzene rings is 2. The number of para-hydroxylation sites is 1. The molecule has 0 aliphatic carbocycles. The Kier molecular flexibility index (Phi) is 5.20. The van der Waals surface area contributed by atoms with Gasteiger partial charge in [-0.3, -0.25) is 0 Å². The van der Waals surface area contributed by atoms with Crippen LogP contribution in [0.25, 0.3) is 11.0 Å². The summed E-state index contributed by atoms with van der Waals surface area (Å²) < 4.78 is 17.0. The van der Waals surface area contributed by atoms with E-state index in [1.54, 1.807) is 18.2 Å². The van der Waals surface area contributed by atoms with E-state index < -0.39 is 11.5 Å². The molecule has 0 bridgehead atoms. The van der Waals surface area contributed by atoms with Crippen LogP contribution in [0.3, 0.4) is 0 Å². The van der Waals surface area contributed by atoms with Crippen molar-refractivity contribution in [1.82, 2.24) is 0 Å². The average molecular weight is 402 g/mol. The Bertz CT molecular complexity index is 1220. The number of nitrogens with two attached hydrogens (primary N) is 1. The Morgan fingerprint density at radius 3 is 2.60 bits per heavy atom. The zero-order valence-corrected chi connectivity index (χ0v) is 16.8. The minimum absolute atomic E-state index is 0.0111. The van der Waals surface area contributed by atoms with Crippen molar-refractivity contribution in [3.8, 4) is 17.6 Å². The van der Waals surface area contributed by atoms with Gasteiger partial charge in [-0.2, -0.15) is 5.26 Å². The lowest BCUT2D eigenvalue weighted by molar-refractivity contribution is 0.289. The lowest BCUT2D eigenvalue weighted by atomic mass is 9.84. The Hall–Kier alpha value is -3.72. The topological polar surface area (TPSA) is 98.5 Å². The van der Waals surface area contributed by atoms with Crippen LogP contribution in [0.2, 0.25) is 0 Å². The van der Waals surface area contributed by atoms with Crippen molar-refractivity contribution in [3.05, 3.63) is 81.5 Å². The molecule has 4 rings (SSSR count). The molecular formula is C24H22N2O4. The van der Waals surface area contributed by atoms with Gasteiger partial charge in [-0.15, -0.1) is 0 Å². The highest BCUT2D eigenvalue weighted by molar-refractivity contribution is 5.86. The van der Waals surface area contributed by atoms with Gasteiger partial charge in [0.2, 0.25) is 5.88 Å². The van der Waals surface area contributed by atoms with Crippen molar-refractivity contribution in [2.45, 2.75) is 26.2 Å². The lowest BCUT2D eigenvalue weighted by Crippen LogP contribution is -2.26. The number of hydrogen-bond donors (Lipinski definition) is 1. The quantitative estimate of drug-likeness (QED) is 0.634. The monoisotopic (exact) mass is 402 g/mol.